The zero-order valence-electron chi connectivity index (χ0n) is 9.44. The van der Waals surface area contributed by atoms with Crippen molar-refractivity contribution in [2.24, 2.45) is 11.7 Å². The van der Waals surface area contributed by atoms with E-state index in [0.29, 0.717) is 0 Å². The van der Waals surface area contributed by atoms with Crippen molar-refractivity contribution in [2.45, 2.75) is 19.9 Å². The third-order valence-corrected chi connectivity index (χ3v) is 2.48. The summed E-state index contributed by atoms with van der Waals surface area (Å²) >= 11 is 0. The van der Waals surface area contributed by atoms with Crippen molar-refractivity contribution >= 4 is 11.8 Å². The molecule has 1 rings (SSSR count). The molecule has 3 N–H and O–H groups in total. The van der Waals surface area contributed by atoms with Crippen LogP contribution in [0.5, 0.6) is 0 Å². The molecular weight excluding hydrogens is 204 g/mol. The van der Waals surface area contributed by atoms with Crippen molar-refractivity contribution in [3.63, 3.8) is 0 Å². The zero-order valence-corrected chi connectivity index (χ0v) is 9.44. The van der Waals surface area contributed by atoms with Gasteiger partial charge in [0.15, 0.2) is 0 Å². The summed E-state index contributed by atoms with van der Waals surface area (Å²) in [6, 6.07) is 9.41. The fourth-order valence-electron chi connectivity index (χ4n) is 1.29. The number of primary amides is 1. The molecule has 0 bridgehead atoms. The molecule has 0 radical (unpaired) electrons. The highest BCUT2D eigenvalue weighted by Crippen LogP contribution is 2.11. The molecule has 2 atom stereocenters. The van der Waals surface area contributed by atoms with Crippen molar-refractivity contribution in [3.8, 4) is 0 Å². The van der Waals surface area contributed by atoms with E-state index in [1.807, 2.05) is 37.3 Å². The van der Waals surface area contributed by atoms with Crippen LogP contribution in [0.1, 0.15) is 25.5 Å². The van der Waals surface area contributed by atoms with E-state index in [9.17, 15) is 9.59 Å². The largest absolute Gasteiger partial charge is 0.369 e. The number of carbonyl (C=O) groups excluding carboxylic acids is 2. The van der Waals surface area contributed by atoms with Crippen LogP contribution in [-0.4, -0.2) is 11.8 Å². The topological polar surface area (TPSA) is 72.2 Å². The maximum absolute atomic E-state index is 11.6. The minimum Gasteiger partial charge on any atom is -0.369 e. The fraction of sp³-hybridized carbons (Fsp3) is 0.333. The first-order chi connectivity index (χ1) is 7.52. The summed E-state index contributed by atoms with van der Waals surface area (Å²) in [6.07, 6.45) is 0. The first-order valence-electron chi connectivity index (χ1n) is 5.17. The summed E-state index contributed by atoms with van der Waals surface area (Å²) in [4.78, 5) is 22.4. The molecule has 16 heavy (non-hydrogen) atoms. The number of nitrogens with one attached hydrogen (secondary N) is 1. The van der Waals surface area contributed by atoms with E-state index in [2.05, 4.69) is 5.32 Å². The molecule has 1 aromatic carbocycles. The highest BCUT2D eigenvalue weighted by Gasteiger charge is 2.20. The molecule has 0 heterocycles. The minimum absolute atomic E-state index is 0.129. The van der Waals surface area contributed by atoms with E-state index in [1.165, 1.54) is 6.92 Å². The van der Waals surface area contributed by atoms with Gasteiger partial charge in [0.05, 0.1) is 6.04 Å². The number of benzene rings is 1. The Bertz CT molecular complexity index is 376. The highest BCUT2D eigenvalue weighted by atomic mass is 16.2. The summed E-state index contributed by atoms with van der Waals surface area (Å²) < 4.78 is 0. The lowest BCUT2D eigenvalue weighted by atomic mass is 10.1. The molecule has 0 saturated heterocycles. The quantitative estimate of drug-likeness (QED) is 0.742. The molecule has 86 valence electrons. The minimum atomic E-state index is -0.800. The van der Waals surface area contributed by atoms with Crippen LogP contribution < -0.4 is 11.1 Å². The number of hydrogen-bond acceptors (Lipinski definition) is 2. The Kier molecular flexibility index (Phi) is 4.05. The van der Waals surface area contributed by atoms with Gasteiger partial charge in [-0.25, -0.2) is 0 Å². The van der Waals surface area contributed by atoms with Crippen LogP contribution in [0, 0.1) is 5.92 Å². The monoisotopic (exact) mass is 220 g/mol. The van der Waals surface area contributed by atoms with Crippen LogP contribution in [0.3, 0.4) is 0 Å². The fourth-order valence-corrected chi connectivity index (χ4v) is 1.29. The van der Waals surface area contributed by atoms with E-state index >= 15 is 0 Å². The van der Waals surface area contributed by atoms with E-state index in [4.69, 9.17) is 5.73 Å². The van der Waals surface area contributed by atoms with Crippen LogP contribution in [0.15, 0.2) is 30.3 Å². The average molecular weight is 220 g/mol. The van der Waals surface area contributed by atoms with Gasteiger partial charge >= 0.3 is 0 Å². The molecule has 4 heteroatoms. The highest BCUT2D eigenvalue weighted by molar-refractivity contribution is 5.99. The maximum Gasteiger partial charge on any atom is 0.232 e. The predicted octanol–water partition coefficient (Wildman–Crippen LogP) is 0.985. The van der Waals surface area contributed by atoms with Crippen LogP contribution in [0.2, 0.25) is 0 Å². The van der Waals surface area contributed by atoms with E-state index in [0.717, 1.165) is 5.56 Å². The predicted molar refractivity (Wildman–Crippen MR) is 61.4 cm³/mol. The van der Waals surface area contributed by atoms with E-state index < -0.39 is 11.8 Å². The number of amides is 2. The molecule has 0 saturated carbocycles. The Morgan fingerprint density at radius 1 is 1.19 bits per heavy atom. The smallest absolute Gasteiger partial charge is 0.232 e. The zero-order chi connectivity index (χ0) is 12.1. The molecule has 2 amide bonds. The van der Waals surface area contributed by atoms with Gasteiger partial charge in [-0.2, -0.15) is 0 Å². The third kappa shape index (κ3) is 3.08. The second kappa shape index (κ2) is 5.30. The van der Waals surface area contributed by atoms with Crippen LogP contribution in [-0.2, 0) is 9.59 Å². The Labute approximate surface area is 94.8 Å². The van der Waals surface area contributed by atoms with Crippen LogP contribution >= 0.6 is 0 Å². The van der Waals surface area contributed by atoms with Crippen LogP contribution in [0.4, 0.5) is 0 Å². The SMILES string of the molecule is CC(C(N)=O)C(=O)NC(C)c1ccccc1. The Morgan fingerprint density at radius 3 is 2.25 bits per heavy atom. The first kappa shape index (κ1) is 12.2. The van der Waals surface area contributed by atoms with Crippen molar-refractivity contribution < 1.29 is 9.59 Å². The van der Waals surface area contributed by atoms with E-state index in [1.54, 1.807) is 0 Å². The number of hydrogen-bond donors (Lipinski definition) is 2. The summed E-state index contributed by atoms with van der Waals surface area (Å²) in [6.45, 7) is 3.36. The van der Waals surface area contributed by atoms with Gasteiger partial charge in [0.2, 0.25) is 11.8 Å². The van der Waals surface area contributed by atoms with Crippen molar-refractivity contribution in [1.82, 2.24) is 5.32 Å². The molecule has 1 aromatic rings. The Balaban J connectivity index is 2.62. The van der Waals surface area contributed by atoms with Gasteiger partial charge in [-0.3, -0.25) is 9.59 Å². The van der Waals surface area contributed by atoms with Gasteiger partial charge in [-0.05, 0) is 19.4 Å². The van der Waals surface area contributed by atoms with Crippen molar-refractivity contribution in [1.29, 1.82) is 0 Å². The molecule has 0 fully saturated rings. The second-order valence-corrected chi connectivity index (χ2v) is 3.77. The lowest BCUT2D eigenvalue weighted by Gasteiger charge is -2.16. The van der Waals surface area contributed by atoms with Gasteiger partial charge in [-0.1, -0.05) is 30.3 Å². The van der Waals surface area contributed by atoms with Gasteiger partial charge < -0.3 is 11.1 Å². The molecule has 2 unspecified atom stereocenters. The van der Waals surface area contributed by atoms with Gasteiger partial charge in [0, 0.05) is 0 Å². The molecule has 0 aromatic heterocycles. The second-order valence-electron chi connectivity index (χ2n) is 3.77. The molecule has 0 aliphatic carbocycles. The number of carbonyl (C=O) groups is 2. The summed E-state index contributed by atoms with van der Waals surface area (Å²) in [5.74, 6) is -1.76. The molecule has 4 nitrogen and oxygen atoms in total. The van der Waals surface area contributed by atoms with Crippen molar-refractivity contribution in [2.75, 3.05) is 0 Å². The van der Waals surface area contributed by atoms with E-state index in [-0.39, 0.29) is 11.9 Å². The van der Waals surface area contributed by atoms with Crippen LogP contribution in [0.25, 0.3) is 0 Å². The average Bonchev–Trinajstić information content (AvgIpc) is 2.28. The Hall–Kier alpha value is -1.84. The normalized spacial score (nSPS) is 13.9. The van der Waals surface area contributed by atoms with Gasteiger partial charge in [0.1, 0.15) is 5.92 Å². The van der Waals surface area contributed by atoms with Gasteiger partial charge in [0.25, 0.3) is 0 Å². The molecular formula is C12H16N2O2. The molecule has 0 aliphatic heterocycles. The first-order valence-corrected chi connectivity index (χ1v) is 5.17. The summed E-state index contributed by atoms with van der Waals surface area (Å²) in [7, 11) is 0. The van der Waals surface area contributed by atoms with Gasteiger partial charge in [-0.15, -0.1) is 0 Å². The third-order valence-electron chi connectivity index (χ3n) is 2.48. The lowest BCUT2D eigenvalue weighted by Crippen LogP contribution is -2.38. The molecule has 0 aliphatic rings. The van der Waals surface area contributed by atoms with Crippen molar-refractivity contribution in [3.05, 3.63) is 35.9 Å². The standard InChI is InChI=1S/C12H16N2O2/c1-8(11(13)15)12(16)14-9(2)10-6-4-3-5-7-10/h3-9H,1-2H3,(H2,13,15)(H,14,16). The maximum atomic E-state index is 11.6. The molecule has 0 spiro atoms. The summed E-state index contributed by atoms with van der Waals surface area (Å²) in [5.41, 5.74) is 6.04. The number of rotatable bonds is 4. The number of nitrogens with two attached hydrogens (primary N) is 1. The summed E-state index contributed by atoms with van der Waals surface area (Å²) in [5, 5.41) is 2.74. The lowest BCUT2D eigenvalue weighted by molar-refractivity contribution is -0.133. The Morgan fingerprint density at radius 2 is 1.75 bits per heavy atom.